The summed E-state index contributed by atoms with van der Waals surface area (Å²) in [7, 11) is 1.03. The molecule has 11 heteroatoms. The maximum Gasteiger partial charge on any atom is 0.363 e. The molecule has 1 N–H and O–H groups in total. The van der Waals surface area contributed by atoms with E-state index in [2.05, 4.69) is 5.32 Å². The van der Waals surface area contributed by atoms with E-state index in [0.717, 1.165) is 27.9 Å². The van der Waals surface area contributed by atoms with Crippen LogP contribution in [0.25, 0.3) is 0 Å². The summed E-state index contributed by atoms with van der Waals surface area (Å²) >= 11 is 0. The largest absolute Gasteiger partial charge is 0.465 e. The van der Waals surface area contributed by atoms with Crippen molar-refractivity contribution in [2.75, 3.05) is 13.7 Å². The van der Waals surface area contributed by atoms with Crippen LogP contribution < -0.4 is 5.32 Å². The van der Waals surface area contributed by atoms with Crippen LogP contribution in [0.2, 0.25) is 0 Å². The van der Waals surface area contributed by atoms with Crippen LogP contribution in [0.4, 0.5) is 0 Å². The van der Waals surface area contributed by atoms with Gasteiger partial charge in [-0.25, -0.2) is 4.79 Å². The van der Waals surface area contributed by atoms with Crippen LogP contribution in [0.1, 0.15) is 31.1 Å². The van der Waals surface area contributed by atoms with E-state index in [-0.39, 0.29) is 5.56 Å². The van der Waals surface area contributed by atoms with Crippen LogP contribution in [0, 0.1) is 0 Å². The third-order valence-corrected chi connectivity index (χ3v) is 4.28. The molecule has 1 fully saturated rings. The Balaban J connectivity index is 2.55. The van der Waals surface area contributed by atoms with E-state index in [9.17, 15) is 24.0 Å². The smallest absolute Gasteiger partial charge is 0.363 e. The molecule has 1 heterocycles. The van der Waals surface area contributed by atoms with Gasteiger partial charge >= 0.3 is 23.9 Å². The van der Waals surface area contributed by atoms with Gasteiger partial charge in [-0.2, -0.15) is 0 Å². The number of hydrogen-bond acceptors (Lipinski definition) is 10. The van der Waals surface area contributed by atoms with E-state index in [0.29, 0.717) is 0 Å². The molecule has 1 aliphatic heterocycles. The predicted molar refractivity (Wildman–Crippen MR) is 101 cm³/mol. The molecule has 0 spiro atoms. The lowest BCUT2D eigenvalue weighted by Gasteiger charge is -2.46. The van der Waals surface area contributed by atoms with E-state index in [1.807, 2.05) is 0 Å². The SMILES string of the molecule is COC(=O)[C@]1(NC(=O)c2ccccc2)OC[C@H](OC(C)=O)[C@H](OC(C)=O)[C@H]1OC(C)=O. The molecule has 0 radical (unpaired) electrons. The summed E-state index contributed by atoms with van der Waals surface area (Å²) in [5.41, 5.74) is -2.22. The van der Waals surface area contributed by atoms with Crippen molar-refractivity contribution in [3.63, 3.8) is 0 Å². The normalized spacial score (nSPS) is 25.0. The Hall–Kier alpha value is -3.47. The lowest BCUT2D eigenvalue weighted by atomic mass is 9.92. The zero-order valence-electron chi connectivity index (χ0n) is 17.4. The highest BCUT2D eigenvalue weighted by molar-refractivity contribution is 5.98. The summed E-state index contributed by atoms with van der Waals surface area (Å²) in [5, 5.41) is 2.39. The molecule has 1 aromatic rings. The molecule has 0 aromatic heterocycles. The minimum atomic E-state index is -2.38. The number of benzene rings is 1. The predicted octanol–water partition coefficient (Wildman–Crippen LogP) is 0.111. The van der Waals surface area contributed by atoms with E-state index in [4.69, 9.17) is 23.7 Å². The van der Waals surface area contributed by atoms with Gasteiger partial charge in [0.1, 0.15) is 0 Å². The number of ether oxygens (including phenoxy) is 5. The minimum Gasteiger partial charge on any atom is -0.465 e. The van der Waals surface area contributed by atoms with Crippen LogP contribution in [-0.2, 0) is 42.9 Å². The first-order valence-electron chi connectivity index (χ1n) is 9.22. The first-order valence-corrected chi connectivity index (χ1v) is 9.22. The Morgan fingerprint density at radius 2 is 1.52 bits per heavy atom. The van der Waals surface area contributed by atoms with Gasteiger partial charge in [0.2, 0.25) is 6.10 Å². The zero-order chi connectivity index (χ0) is 23.2. The summed E-state index contributed by atoms with van der Waals surface area (Å²) in [6, 6.07) is 7.85. The number of hydrogen-bond donors (Lipinski definition) is 1. The molecule has 31 heavy (non-hydrogen) atoms. The fraction of sp³-hybridized carbons (Fsp3) is 0.450. The highest BCUT2D eigenvalue weighted by Crippen LogP contribution is 2.32. The highest BCUT2D eigenvalue weighted by Gasteiger charge is 2.62. The number of esters is 4. The number of carbonyl (C=O) groups is 5. The van der Waals surface area contributed by atoms with Gasteiger partial charge in [-0.15, -0.1) is 0 Å². The number of amides is 1. The standard InChI is InChI=1S/C20H23NO10/c1-11(22)29-15-10-28-20(19(26)27-4,21-18(25)14-8-6-5-7-9-14)17(31-13(3)24)16(15)30-12(2)23/h5-9,15-17H,10H2,1-4H3,(H,21,25)/t15-,16-,17+,20+/m0/s1. The summed E-state index contributed by atoms with van der Waals surface area (Å²) in [6.07, 6.45) is -4.43. The van der Waals surface area contributed by atoms with Crippen molar-refractivity contribution in [3.05, 3.63) is 35.9 Å². The highest BCUT2D eigenvalue weighted by atomic mass is 16.7. The second-order valence-electron chi connectivity index (χ2n) is 6.61. The van der Waals surface area contributed by atoms with Crippen LogP contribution in [0.15, 0.2) is 30.3 Å². The van der Waals surface area contributed by atoms with Gasteiger partial charge in [-0.05, 0) is 12.1 Å². The van der Waals surface area contributed by atoms with Crippen LogP contribution >= 0.6 is 0 Å². The second kappa shape index (κ2) is 10.0. The Morgan fingerprint density at radius 1 is 0.935 bits per heavy atom. The molecule has 11 nitrogen and oxygen atoms in total. The summed E-state index contributed by atoms with van der Waals surface area (Å²) in [4.78, 5) is 60.7. The maximum atomic E-state index is 12.8. The molecule has 2 rings (SSSR count). The fourth-order valence-corrected chi connectivity index (χ4v) is 3.10. The molecule has 1 saturated heterocycles. The first-order chi connectivity index (χ1) is 14.6. The van der Waals surface area contributed by atoms with Gasteiger partial charge in [0.25, 0.3) is 11.6 Å². The van der Waals surface area contributed by atoms with E-state index >= 15 is 0 Å². The van der Waals surface area contributed by atoms with E-state index in [1.54, 1.807) is 18.2 Å². The van der Waals surface area contributed by atoms with Gasteiger partial charge < -0.3 is 29.0 Å². The number of methoxy groups -OCH3 is 1. The zero-order valence-corrected chi connectivity index (χ0v) is 17.4. The second-order valence-corrected chi connectivity index (χ2v) is 6.61. The third kappa shape index (κ3) is 5.57. The first kappa shape index (κ1) is 23.8. The maximum absolute atomic E-state index is 12.8. The average molecular weight is 437 g/mol. The Kier molecular flexibility index (Phi) is 7.70. The number of carbonyl (C=O) groups excluding carboxylic acids is 5. The molecule has 4 atom stereocenters. The fourth-order valence-electron chi connectivity index (χ4n) is 3.10. The lowest BCUT2D eigenvalue weighted by molar-refractivity contribution is -0.262. The molecule has 1 aliphatic rings. The molecule has 1 amide bonds. The van der Waals surface area contributed by atoms with Gasteiger partial charge in [0.15, 0.2) is 12.2 Å². The minimum absolute atomic E-state index is 0.169. The van der Waals surface area contributed by atoms with Crippen molar-refractivity contribution >= 4 is 29.8 Å². The molecule has 168 valence electrons. The van der Waals surface area contributed by atoms with E-state index < -0.39 is 60.4 Å². The van der Waals surface area contributed by atoms with Crippen molar-refractivity contribution in [1.29, 1.82) is 0 Å². The van der Waals surface area contributed by atoms with Gasteiger partial charge in [-0.3, -0.25) is 19.2 Å². The summed E-state index contributed by atoms with van der Waals surface area (Å²) < 4.78 is 26.0. The van der Waals surface area contributed by atoms with Crippen LogP contribution in [-0.4, -0.2) is 67.5 Å². The van der Waals surface area contributed by atoms with Crippen LogP contribution in [0.5, 0.6) is 0 Å². The van der Waals surface area contributed by atoms with Crippen molar-refractivity contribution in [2.24, 2.45) is 0 Å². The topological polar surface area (TPSA) is 144 Å². The molecule has 0 unspecified atom stereocenters. The summed E-state index contributed by atoms with van der Waals surface area (Å²) in [5.74, 6) is -4.30. The monoisotopic (exact) mass is 437 g/mol. The molecule has 1 aromatic carbocycles. The van der Waals surface area contributed by atoms with Crippen LogP contribution in [0.3, 0.4) is 0 Å². The Labute approximate surface area is 177 Å². The molecular weight excluding hydrogens is 414 g/mol. The van der Waals surface area contributed by atoms with Gasteiger partial charge in [0.05, 0.1) is 13.7 Å². The molecule has 0 saturated carbocycles. The van der Waals surface area contributed by atoms with Crippen molar-refractivity contribution in [2.45, 2.75) is 44.8 Å². The van der Waals surface area contributed by atoms with Gasteiger partial charge in [0, 0.05) is 26.3 Å². The molecule has 0 bridgehead atoms. The molecule has 0 aliphatic carbocycles. The Bertz CT molecular complexity index is 855. The van der Waals surface area contributed by atoms with Gasteiger partial charge in [-0.1, -0.05) is 18.2 Å². The number of nitrogens with one attached hydrogen (secondary N) is 1. The van der Waals surface area contributed by atoms with Crippen molar-refractivity contribution in [3.8, 4) is 0 Å². The molecular formula is C20H23NO10. The quantitative estimate of drug-likeness (QED) is 0.481. The van der Waals surface area contributed by atoms with Crippen molar-refractivity contribution in [1.82, 2.24) is 5.32 Å². The summed E-state index contributed by atoms with van der Waals surface area (Å²) in [6.45, 7) is 2.76. The third-order valence-electron chi connectivity index (χ3n) is 4.28. The lowest BCUT2D eigenvalue weighted by Crippen LogP contribution is -2.73. The van der Waals surface area contributed by atoms with Crippen molar-refractivity contribution < 1.29 is 47.7 Å². The van der Waals surface area contributed by atoms with E-state index in [1.165, 1.54) is 12.1 Å². The number of rotatable bonds is 6. The average Bonchev–Trinajstić information content (AvgIpc) is 2.71. The Morgan fingerprint density at radius 3 is 2.03 bits per heavy atom.